The van der Waals surface area contributed by atoms with E-state index in [4.69, 9.17) is 18.5 Å². The number of rotatable bonds is 52. The highest BCUT2D eigenvalue weighted by Crippen LogP contribution is 2.47. The van der Waals surface area contributed by atoms with Gasteiger partial charge in [-0.3, -0.25) is 13.8 Å². The van der Waals surface area contributed by atoms with Gasteiger partial charge in [0.05, 0.1) is 13.2 Å². The van der Waals surface area contributed by atoms with Gasteiger partial charge in [0.15, 0.2) is 0 Å². The molecule has 0 heterocycles. The summed E-state index contributed by atoms with van der Waals surface area (Å²) in [6, 6.07) is 0. The fourth-order valence-electron chi connectivity index (χ4n) is 9.60. The van der Waals surface area contributed by atoms with Crippen molar-refractivity contribution in [3.8, 4) is 0 Å². The zero-order chi connectivity index (χ0) is 50.5. The number of aliphatic hydroxyl groups excluding tert-OH is 5. The summed E-state index contributed by atoms with van der Waals surface area (Å²) in [6.45, 7) is 4.35. The minimum Gasteiger partial charge on any atom is -0.457 e. The summed E-state index contributed by atoms with van der Waals surface area (Å²) in [5.74, 6) is -0.467. The first-order valence-corrected chi connectivity index (χ1v) is 30.9. The van der Waals surface area contributed by atoms with E-state index in [1.54, 1.807) is 0 Å². The van der Waals surface area contributed by atoms with E-state index in [0.717, 1.165) is 38.5 Å². The number of hydrogen-bond donors (Lipinski definition) is 6. The number of carbonyl (C=O) groups is 1. The van der Waals surface area contributed by atoms with Gasteiger partial charge < -0.3 is 39.9 Å². The Morgan fingerprint density at radius 3 is 1.00 bits per heavy atom. The SMILES string of the molecule is CCCCCCCCCCCCCCCCCCCCCCCCOCC(COP(=O)(O)OC1C(O)C(O)C(O)C(O)C1O)OC(=O)CCCCCCCCCCCCCCCCCCCCCC. The Hall–Kier alpha value is -0.660. The van der Waals surface area contributed by atoms with E-state index in [0.29, 0.717) is 13.0 Å². The predicted molar refractivity (Wildman–Crippen MR) is 281 cm³/mol. The van der Waals surface area contributed by atoms with Crippen molar-refractivity contribution in [2.24, 2.45) is 0 Å². The lowest BCUT2D eigenvalue weighted by Gasteiger charge is -2.41. The van der Waals surface area contributed by atoms with E-state index in [1.807, 2.05) is 0 Å². The molecular formula is C56H111O12P. The highest BCUT2D eigenvalue weighted by atomic mass is 31.2. The van der Waals surface area contributed by atoms with Crippen molar-refractivity contribution in [1.82, 2.24) is 0 Å². The lowest BCUT2D eigenvalue weighted by atomic mass is 9.85. The molecule has 0 aromatic carbocycles. The number of phosphoric acid groups is 1. The molecule has 6 unspecified atom stereocenters. The molecule has 12 nitrogen and oxygen atoms in total. The first kappa shape index (κ1) is 66.4. The Morgan fingerprint density at radius 1 is 0.406 bits per heavy atom. The molecule has 0 spiro atoms. The number of esters is 1. The second-order valence-corrected chi connectivity index (χ2v) is 22.3. The third kappa shape index (κ3) is 38.6. The molecule has 13 heteroatoms. The van der Waals surface area contributed by atoms with Crippen molar-refractivity contribution in [2.45, 2.75) is 333 Å². The molecule has 0 aliphatic heterocycles. The van der Waals surface area contributed by atoms with Gasteiger partial charge in [-0.15, -0.1) is 0 Å². The largest absolute Gasteiger partial charge is 0.472 e. The van der Waals surface area contributed by atoms with Crippen molar-refractivity contribution in [1.29, 1.82) is 0 Å². The van der Waals surface area contributed by atoms with Gasteiger partial charge in [-0.05, 0) is 12.8 Å². The quantitative estimate of drug-likeness (QED) is 0.0192. The van der Waals surface area contributed by atoms with E-state index in [1.165, 1.54) is 225 Å². The minimum atomic E-state index is -5.02. The van der Waals surface area contributed by atoms with E-state index in [9.17, 15) is 39.8 Å². The summed E-state index contributed by atoms with van der Waals surface area (Å²) in [4.78, 5) is 23.3. The molecular weight excluding hydrogens is 896 g/mol. The number of aliphatic hydroxyl groups is 5. The molecule has 1 saturated carbocycles. The van der Waals surface area contributed by atoms with Gasteiger partial charge in [-0.25, -0.2) is 4.57 Å². The number of carbonyl (C=O) groups excluding carboxylic acids is 1. The van der Waals surface area contributed by atoms with E-state index < -0.39 is 63.1 Å². The molecule has 0 bridgehead atoms. The second kappa shape index (κ2) is 47.1. The number of phosphoric ester groups is 1. The number of ether oxygens (including phenoxy) is 2. The molecule has 1 aliphatic carbocycles. The van der Waals surface area contributed by atoms with Crippen LogP contribution in [0.3, 0.4) is 0 Å². The summed E-state index contributed by atoms with van der Waals surface area (Å²) < 4.78 is 34.4. The third-order valence-electron chi connectivity index (χ3n) is 14.2. The maximum atomic E-state index is 12.9. The second-order valence-electron chi connectivity index (χ2n) is 20.9. The van der Waals surface area contributed by atoms with Crippen LogP contribution in [0.4, 0.5) is 0 Å². The standard InChI is InChI=1S/C56H111O12P/c1-3-5-7-9-11-13-15-17-19-21-23-25-26-28-30-32-34-36-38-40-42-44-46-65-47-49(48-66-69(63,64)68-56-54(61)52(59)51(58)53(60)55(56)62)67-50(57)45-43-41-39-37-35-33-31-29-27-24-22-20-18-16-14-12-10-8-6-4-2/h49,51-56,58-62H,3-48H2,1-2H3,(H,63,64). The van der Waals surface area contributed by atoms with E-state index in [-0.39, 0.29) is 13.0 Å². The Kier molecular flexibility index (Phi) is 45.3. The van der Waals surface area contributed by atoms with E-state index >= 15 is 0 Å². The number of hydrogen-bond acceptors (Lipinski definition) is 11. The van der Waals surface area contributed by atoms with Gasteiger partial charge in [0.25, 0.3) is 0 Å². The Bertz CT molecular complexity index is 1150. The molecule has 412 valence electrons. The van der Waals surface area contributed by atoms with Crippen LogP contribution in [0.25, 0.3) is 0 Å². The van der Waals surface area contributed by atoms with Crippen molar-refractivity contribution in [3.63, 3.8) is 0 Å². The highest BCUT2D eigenvalue weighted by Gasteiger charge is 2.51. The van der Waals surface area contributed by atoms with Crippen LogP contribution in [0.1, 0.15) is 290 Å². The molecule has 1 fully saturated rings. The molecule has 0 amide bonds. The Morgan fingerprint density at radius 2 is 0.681 bits per heavy atom. The zero-order valence-corrected chi connectivity index (χ0v) is 45.5. The van der Waals surface area contributed by atoms with Gasteiger partial charge in [-0.2, -0.15) is 0 Å². The average Bonchev–Trinajstić information content (AvgIpc) is 3.34. The van der Waals surface area contributed by atoms with Crippen LogP contribution in [-0.2, 0) is 27.9 Å². The summed E-state index contributed by atoms with van der Waals surface area (Å²) >= 11 is 0. The molecule has 1 rings (SSSR count). The Balaban J connectivity index is 2.25. The topological polar surface area (TPSA) is 192 Å². The van der Waals surface area contributed by atoms with Gasteiger partial charge in [0.1, 0.15) is 42.7 Å². The van der Waals surface area contributed by atoms with Crippen molar-refractivity contribution >= 4 is 13.8 Å². The fraction of sp³-hybridized carbons (Fsp3) is 0.982. The summed E-state index contributed by atoms with van der Waals surface area (Å²) in [7, 11) is -5.02. The molecule has 69 heavy (non-hydrogen) atoms. The van der Waals surface area contributed by atoms with Gasteiger partial charge >= 0.3 is 13.8 Å². The molecule has 1 aliphatic rings. The lowest BCUT2D eigenvalue weighted by molar-refractivity contribution is -0.220. The minimum absolute atomic E-state index is 0.0669. The highest BCUT2D eigenvalue weighted by molar-refractivity contribution is 7.47. The van der Waals surface area contributed by atoms with Crippen LogP contribution >= 0.6 is 7.82 Å². The molecule has 6 atom stereocenters. The van der Waals surface area contributed by atoms with Crippen LogP contribution in [0.5, 0.6) is 0 Å². The first-order chi connectivity index (χ1) is 33.5. The van der Waals surface area contributed by atoms with Crippen molar-refractivity contribution < 1.29 is 58.3 Å². The smallest absolute Gasteiger partial charge is 0.457 e. The van der Waals surface area contributed by atoms with Crippen LogP contribution in [0.15, 0.2) is 0 Å². The van der Waals surface area contributed by atoms with Crippen LogP contribution in [0, 0.1) is 0 Å². The summed E-state index contributed by atoms with van der Waals surface area (Å²) in [5, 5.41) is 50.4. The molecule has 0 saturated heterocycles. The van der Waals surface area contributed by atoms with Crippen LogP contribution in [0.2, 0.25) is 0 Å². The predicted octanol–water partition coefficient (Wildman–Crippen LogP) is 14.0. The monoisotopic (exact) mass is 1010 g/mol. The van der Waals surface area contributed by atoms with E-state index in [2.05, 4.69) is 13.8 Å². The molecule has 6 N–H and O–H groups in total. The van der Waals surface area contributed by atoms with Gasteiger partial charge in [-0.1, -0.05) is 271 Å². The van der Waals surface area contributed by atoms with Crippen LogP contribution in [-0.4, -0.2) is 98.9 Å². The Labute approximate surface area is 423 Å². The lowest BCUT2D eigenvalue weighted by Crippen LogP contribution is -2.64. The maximum Gasteiger partial charge on any atom is 0.472 e. The van der Waals surface area contributed by atoms with Crippen molar-refractivity contribution in [2.75, 3.05) is 19.8 Å². The molecule has 0 aromatic heterocycles. The maximum absolute atomic E-state index is 12.9. The van der Waals surface area contributed by atoms with Gasteiger partial charge in [0.2, 0.25) is 0 Å². The third-order valence-corrected chi connectivity index (χ3v) is 15.2. The average molecular weight is 1010 g/mol. The normalized spacial score (nSPS) is 20.9. The fourth-order valence-corrected chi connectivity index (χ4v) is 10.6. The van der Waals surface area contributed by atoms with Gasteiger partial charge in [0, 0.05) is 13.0 Å². The summed E-state index contributed by atoms with van der Waals surface area (Å²) in [6.07, 6.45) is 41.8. The first-order valence-electron chi connectivity index (χ1n) is 29.4. The van der Waals surface area contributed by atoms with Crippen LogP contribution < -0.4 is 0 Å². The molecule has 0 radical (unpaired) electrons. The summed E-state index contributed by atoms with van der Waals surface area (Å²) in [5.41, 5.74) is 0. The van der Waals surface area contributed by atoms with Crippen molar-refractivity contribution in [3.05, 3.63) is 0 Å². The molecule has 0 aromatic rings. The number of unbranched alkanes of at least 4 members (excludes halogenated alkanes) is 40. The zero-order valence-electron chi connectivity index (χ0n) is 44.6.